The van der Waals surface area contributed by atoms with Crippen LogP contribution in [0.1, 0.15) is 12.8 Å². The number of primary amides is 1. The number of anilines is 1. The second-order valence-electron chi connectivity index (χ2n) is 7.82. The van der Waals surface area contributed by atoms with Crippen LogP contribution in [0.5, 0.6) is 11.5 Å². The van der Waals surface area contributed by atoms with Gasteiger partial charge in [0.2, 0.25) is 15.7 Å². The molecule has 174 valence electrons. The van der Waals surface area contributed by atoms with Gasteiger partial charge in [0.05, 0.1) is 30.3 Å². The lowest BCUT2D eigenvalue weighted by atomic mass is 9.95. The standard InChI is InChI=1S/C23H24ClN3O5S/c1-31-19-11-17-18(12-20(19)32-2)26-13-21(33(29,30)16-5-3-15(24)4-6-16)22(17)27-9-7-14(8-10-27)23(25)28/h3-6,11-14H,7-10H2,1-2H3,(H2,25,28). The van der Waals surface area contributed by atoms with Crippen LogP contribution in [-0.4, -0.2) is 46.6 Å². The molecule has 1 fully saturated rings. The molecule has 3 aromatic rings. The number of rotatable bonds is 6. The molecule has 33 heavy (non-hydrogen) atoms. The molecule has 8 nitrogen and oxygen atoms in total. The minimum atomic E-state index is -3.92. The van der Waals surface area contributed by atoms with Gasteiger partial charge in [0.1, 0.15) is 4.90 Å². The maximum absolute atomic E-state index is 13.7. The van der Waals surface area contributed by atoms with E-state index in [1.165, 1.54) is 44.7 Å². The Bertz CT molecular complexity index is 1300. The summed E-state index contributed by atoms with van der Waals surface area (Å²) in [6.07, 6.45) is 2.44. The van der Waals surface area contributed by atoms with Crippen LogP contribution in [0.25, 0.3) is 10.9 Å². The molecular weight excluding hydrogens is 466 g/mol. The summed E-state index contributed by atoms with van der Waals surface area (Å²) in [5.41, 5.74) is 6.57. The van der Waals surface area contributed by atoms with Gasteiger partial charge in [0.25, 0.3) is 0 Å². The normalized spacial score (nSPS) is 14.9. The molecule has 0 radical (unpaired) electrons. The summed E-state index contributed by atoms with van der Waals surface area (Å²) in [6, 6.07) is 9.47. The van der Waals surface area contributed by atoms with E-state index in [9.17, 15) is 13.2 Å². The van der Waals surface area contributed by atoms with E-state index in [2.05, 4.69) is 4.98 Å². The number of carbonyl (C=O) groups is 1. The Morgan fingerprint density at radius 2 is 1.70 bits per heavy atom. The number of amides is 1. The van der Waals surface area contributed by atoms with Crippen molar-refractivity contribution in [2.24, 2.45) is 11.7 Å². The van der Waals surface area contributed by atoms with Crippen LogP contribution in [0.4, 0.5) is 5.69 Å². The van der Waals surface area contributed by atoms with E-state index in [1.54, 1.807) is 12.1 Å². The lowest BCUT2D eigenvalue weighted by molar-refractivity contribution is -0.122. The molecule has 0 spiro atoms. The highest BCUT2D eigenvalue weighted by Crippen LogP contribution is 2.41. The number of ether oxygens (including phenoxy) is 2. The van der Waals surface area contributed by atoms with Gasteiger partial charge < -0.3 is 20.1 Å². The van der Waals surface area contributed by atoms with Gasteiger partial charge in [-0.05, 0) is 43.2 Å². The highest BCUT2D eigenvalue weighted by molar-refractivity contribution is 7.91. The molecule has 10 heteroatoms. The molecule has 2 aromatic carbocycles. The molecule has 0 aliphatic carbocycles. The summed E-state index contributed by atoms with van der Waals surface area (Å²) < 4.78 is 38.2. The van der Waals surface area contributed by atoms with E-state index in [1.807, 2.05) is 4.90 Å². The minimum absolute atomic E-state index is 0.0714. The Morgan fingerprint density at radius 1 is 1.09 bits per heavy atom. The number of aromatic nitrogens is 1. The number of methoxy groups -OCH3 is 2. The average molecular weight is 490 g/mol. The summed E-state index contributed by atoms with van der Waals surface area (Å²) in [5.74, 6) is 0.375. The first-order valence-electron chi connectivity index (χ1n) is 10.4. The lowest BCUT2D eigenvalue weighted by Gasteiger charge is -2.34. The third-order valence-corrected chi connectivity index (χ3v) is 7.96. The van der Waals surface area contributed by atoms with E-state index in [0.717, 1.165) is 0 Å². The molecule has 0 atom stereocenters. The van der Waals surface area contributed by atoms with Gasteiger partial charge in [0.15, 0.2) is 11.5 Å². The molecule has 1 aliphatic heterocycles. The van der Waals surface area contributed by atoms with E-state index < -0.39 is 9.84 Å². The van der Waals surface area contributed by atoms with Crippen LogP contribution < -0.4 is 20.1 Å². The van der Waals surface area contributed by atoms with Crippen molar-refractivity contribution in [3.05, 3.63) is 47.6 Å². The SMILES string of the molecule is COc1cc2ncc(S(=O)(=O)c3ccc(Cl)cc3)c(N3CCC(C(N)=O)CC3)c2cc1OC. The summed E-state index contributed by atoms with van der Waals surface area (Å²) in [5, 5.41) is 1.05. The van der Waals surface area contributed by atoms with E-state index >= 15 is 0 Å². The molecule has 1 aliphatic rings. The van der Waals surface area contributed by atoms with Gasteiger partial charge in [-0.25, -0.2) is 8.42 Å². The second-order valence-corrected chi connectivity index (χ2v) is 10.2. The monoisotopic (exact) mass is 489 g/mol. The zero-order valence-corrected chi connectivity index (χ0v) is 19.8. The molecular formula is C23H24ClN3O5S. The van der Waals surface area contributed by atoms with Crippen molar-refractivity contribution in [1.29, 1.82) is 0 Å². The number of hydrogen-bond donors (Lipinski definition) is 1. The fraction of sp³-hybridized carbons (Fsp3) is 0.304. The largest absolute Gasteiger partial charge is 0.493 e. The fourth-order valence-corrected chi connectivity index (χ4v) is 5.70. The van der Waals surface area contributed by atoms with Gasteiger partial charge in [0, 0.05) is 41.7 Å². The number of fused-ring (bicyclic) bond motifs is 1. The molecule has 4 rings (SSSR count). The summed E-state index contributed by atoms with van der Waals surface area (Å²) in [7, 11) is -0.875. The summed E-state index contributed by atoms with van der Waals surface area (Å²) in [6.45, 7) is 0.953. The Balaban J connectivity index is 1.93. The van der Waals surface area contributed by atoms with E-state index in [-0.39, 0.29) is 21.6 Å². The molecule has 2 N–H and O–H groups in total. The van der Waals surface area contributed by atoms with Gasteiger partial charge >= 0.3 is 0 Å². The number of piperidine rings is 1. The third-order valence-electron chi connectivity index (χ3n) is 5.94. The number of halogens is 1. The topological polar surface area (TPSA) is 112 Å². The van der Waals surface area contributed by atoms with Crippen molar-refractivity contribution >= 4 is 43.9 Å². The van der Waals surface area contributed by atoms with Crippen LogP contribution >= 0.6 is 11.6 Å². The maximum atomic E-state index is 13.7. The summed E-state index contributed by atoms with van der Waals surface area (Å²) in [4.78, 5) is 18.2. The van der Waals surface area contributed by atoms with E-state index in [0.29, 0.717) is 59.0 Å². The van der Waals surface area contributed by atoms with Crippen molar-refractivity contribution in [2.75, 3.05) is 32.2 Å². The molecule has 2 heterocycles. The van der Waals surface area contributed by atoms with Gasteiger partial charge in [-0.3, -0.25) is 9.78 Å². The van der Waals surface area contributed by atoms with Crippen LogP contribution in [-0.2, 0) is 14.6 Å². The number of carbonyl (C=O) groups excluding carboxylic acids is 1. The van der Waals surface area contributed by atoms with Crippen molar-refractivity contribution in [1.82, 2.24) is 4.98 Å². The van der Waals surface area contributed by atoms with Gasteiger partial charge in [-0.15, -0.1) is 0 Å². The van der Waals surface area contributed by atoms with Gasteiger partial charge in [-0.2, -0.15) is 0 Å². The first-order chi connectivity index (χ1) is 15.8. The summed E-state index contributed by atoms with van der Waals surface area (Å²) >= 11 is 5.96. The molecule has 1 amide bonds. The molecule has 0 unspecified atom stereocenters. The molecule has 1 saturated heterocycles. The second kappa shape index (κ2) is 9.07. The quantitative estimate of drug-likeness (QED) is 0.564. The Labute approximate surface area is 197 Å². The van der Waals surface area contributed by atoms with Crippen molar-refractivity contribution in [3.63, 3.8) is 0 Å². The van der Waals surface area contributed by atoms with Crippen LogP contribution in [0, 0.1) is 5.92 Å². The first-order valence-corrected chi connectivity index (χ1v) is 12.2. The number of nitrogens with two attached hydrogens (primary N) is 1. The zero-order valence-electron chi connectivity index (χ0n) is 18.2. The van der Waals surface area contributed by atoms with Crippen molar-refractivity contribution < 1.29 is 22.7 Å². The first kappa shape index (κ1) is 23.1. The number of sulfone groups is 1. The van der Waals surface area contributed by atoms with E-state index in [4.69, 9.17) is 26.8 Å². The number of benzene rings is 2. The predicted molar refractivity (Wildman–Crippen MR) is 126 cm³/mol. The maximum Gasteiger partial charge on any atom is 0.220 e. The van der Waals surface area contributed by atoms with Gasteiger partial charge in [-0.1, -0.05) is 11.6 Å². The van der Waals surface area contributed by atoms with Crippen LogP contribution in [0.15, 0.2) is 52.4 Å². The number of hydrogen-bond acceptors (Lipinski definition) is 7. The van der Waals surface area contributed by atoms with Crippen LogP contribution in [0.2, 0.25) is 5.02 Å². The Morgan fingerprint density at radius 3 is 2.27 bits per heavy atom. The molecule has 0 saturated carbocycles. The average Bonchev–Trinajstić information content (AvgIpc) is 2.82. The van der Waals surface area contributed by atoms with Crippen molar-refractivity contribution in [3.8, 4) is 11.5 Å². The number of nitrogens with zero attached hydrogens (tertiary/aromatic N) is 2. The molecule has 0 bridgehead atoms. The smallest absolute Gasteiger partial charge is 0.220 e. The third kappa shape index (κ3) is 4.30. The Kier molecular flexibility index (Phi) is 6.36. The lowest BCUT2D eigenvalue weighted by Crippen LogP contribution is -2.39. The van der Waals surface area contributed by atoms with Crippen molar-refractivity contribution in [2.45, 2.75) is 22.6 Å². The molecule has 1 aromatic heterocycles. The van der Waals surface area contributed by atoms with Crippen LogP contribution in [0.3, 0.4) is 0 Å². The highest BCUT2D eigenvalue weighted by atomic mass is 35.5. The predicted octanol–water partition coefficient (Wildman–Crippen LogP) is 3.44. The zero-order chi connectivity index (χ0) is 23.8. The number of pyridine rings is 1. The Hall–Kier alpha value is -3.04. The minimum Gasteiger partial charge on any atom is -0.493 e. The fourth-order valence-electron chi connectivity index (χ4n) is 4.14. The highest BCUT2D eigenvalue weighted by Gasteiger charge is 2.31.